The summed E-state index contributed by atoms with van der Waals surface area (Å²) in [5, 5.41) is 11.1. The first-order chi connectivity index (χ1) is 15.0. The number of allylic oxidation sites excluding steroid dienone is 2. The van der Waals surface area contributed by atoms with Gasteiger partial charge in [-0.1, -0.05) is 0 Å². The van der Waals surface area contributed by atoms with Crippen molar-refractivity contribution in [3.63, 3.8) is 0 Å². The molecule has 0 bridgehead atoms. The van der Waals surface area contributed by atoms with Crippen LogP contribution in [-0.2, 0) is 0 Å². The topological polar surface area (TPSA) is 20.2 Å². The van der Waals surface area contributed by atoms with Crippen molar-refractivity contribution in [1.82, 2.24) is 0 Å². The summed E-state index contributed by atoms with van der Waals surface area (Å²) in [6.45, 7) is 16.8. The van der Waals surface area contributed by atoms with E-state index in [1.807, 2.05) is 30.3 Å². The predicted octanol–water partition coefficient (Wildman–Crippen LogP) is 8.98. The van der Waals surface area contributed by atoms with Crippen molar-refractivity contribution < 1.29 is 5.11 Å². The summed E-state index contributed by atoms with van der Waals surface area (Å²) in [6, 6.07) is 20.8. The van der Waals surface area contributed by atoms with E-state index in [1.54, 1.807) is 5.57 Å². The number of aliphatic hydroxyl groups is 1. The van der Waals surface area contributed by atoms with Crippen molar-refractivity contribution in [3.8, 4) is 0 Å². The Labute approximate surface area is 205 Å². The van der Waals surface area contributed by atoms with Gasteiger partial charge in [0, 0.05) is 0 Å². The molecule has 0 saturated carbocycles. The van der Waals surface area contributed by atoms with Gasteiger partial charge >= 0.3 is 206 Å². The second-order valence-corrected chi connectivity index (χ2v) is 22.0. The molecule has 1 nitrogen and oxygen atoms in total. The van der Waals surface area contributed by atoms with Crippen LogP contribution in [0.2, 0.25) is 33.0 Å². The van der Waals surface area contributed by atoms with Crippen LogP contribution in [0.15, 0.2) is 78.0 Å². The van der Waals surface area contributed by atoms with Crippen LogP contribution in [0.1, 0.15) is 44.7 Å². The molecule has 0 aliphatic rings. The van der Waals surface area contributed by atoms with Crippen LogP contribution in [-0.4, -0.2) is 32.7 Å². The molecule has 32 heavy (non-hydrogen) atoms. The summed E-state index contributed by atoms with van der Waals surface area (Å²) in [6.07, 6.45) is 2.11. The third kappa shape index (κ3) is 9.70. The van der Waals surface area contributed by atoms with Gasteiger partial charge in [0.2, 0.25) is 0 Å². The van der Waals surface area contributed by atoms with Gasteiger partial charge in [-0.05, 0) is 0 Å². The number of rotatable bonds is 11. The molecule has 0 amide bonds. The molecule has 1 atom stereocenters. The van der Waals surface area contributed by atoms with E-state index in [-0.39, 0.29) is 5.92 Å². The van der Waals surface area contributed by atoms with Gasteiger partial charge in [-0.15, -0.1) is 0 Å². The van der Waals surface area contributed by atoms with Gasteiger partial charge in [0.05, 0.1) is 0 Å². The van der Waals surface area contributed by atoms with Crippen LogP contribution in [0.25, 0.3) is 5.76 Å². The van der Waals surface area contributed by atoms with Gasteiger partial charge < -0.3 is 0 Å². The average molecular weight is 563 g/mol. The zero-order valence-electron chi connectivity index (χ0n) is 21.1. The SMILES string of the molecule is CC(C)C[Te+](C/C(=C/[Si](C)(C)C)C(/C=C(\O)c1ccccc1)c1ccccc1)CC(C)C. The third-order valence-corrected chi connectivity index (χ3v) is 14.9. The van der Waals surface area contributed by atoms with Gasteiger partial charge in [0.1, 0.15) is 0 Å². The first-order valence-electron chi connectivity index (χ1n) is 11.9. The molecule has 0 fully saturated rings. The Morgan fingerprint density at radius 1 is 0.844 bits per heavy atom. The van der Waals surface area contributed by atoms with E-state index in [0.29, 0.717) is 5.76 Å². The van der Waals surface area contributed by atoms with Crippen LogP contribution < -0.4 is 0 Å². The van der Waals surface area contributed by atoms with Crippen molar-refractivity contribution in [3.05, 3.63) is 89.1 Å². The molecule has 1 unspecified atom stereocenters. The second kappa shape index (κ2) is 12.8. The van der Waals surface area contributed by atoms with Gasteiger partial charge in [-0.2, -0.15) is 0 Å². The maximum atomic E-state index is 11.1. The van der Waals surface area contributed by atoms with Crippen LogP contribution in [0, 0.1) is 11.8 Å². The Kier molecular flexibility index (Phi) is 10.8. The molecule has 2 aromatic carbocycles. The summed E-state index contributed by atoms with van der Waals surface area (Å²) < 4.78 is 4.10. The zero-order chi connectivity index (χ0) is 23.7. The summed E-state index contributed by atoms with van der Waals surface area (Å²) >= 11 is -1.31. The van der Waals surface area contributed by atoms with Crippen LogP contribution in [0.4, 0.5) is 0 Å². The monoisotopic (exact) mass is 565 g/mol. The maximum absolute atomic E-state index is 11.1. The number of hydrogen-bond donors (Lipinski definition) is 1. The fourth-order valence-electron chi connectivity index (χ4n) is 4.08. The first-order valence-corrected chi connectivity index (χ1v) is 20.4. The summed E-state index contributed by atoms with van der Waals surface area (Å²) in [7, 11) is -1.44. The zero-order valence-corrected chi connectivity index (χ0v) is 24.5. The van der Waals surface area contributed by atoms with E-state index in [2.05, 4.69) is 89.4 Å². The Morgan fingerprint density at radius 2 is 1.34 bits per heavy atom. The molecule has 0 spiro atoms. The third-order valence-electron chi connectivity index (χ3n) is 5.08. The minimum atomic E-state index is -1.44. The van der Waals surface area contributed by atoms with Crippen molar-refractivity contribution in [2.75, 3.05) is 0 Å². The molecule has 1 N–H and O–H groups in total. The molecular formula is C29H43OSiTe+. The van der Waals surface area contributed by atoms with Gasteiger partial charge in [0.15, 0.2) is 0 Å². The quantitative estimate of drug-likeness (QED) is 0.214. The van der Waals surface area contributed by atoms with E-state index >= 15 is 0 Å². The van der Waals surface area contributed by atoms with Crippen LogP contribution in [0.3, 0.4) is 0 Å². The molecule has 174 valence electrons. The summed E-state index contributed by atoms with van der Waals surface area (Å²) in [5.41, 5.74) is 6.36. The van der Waals surface area contributed by atoms with Gasteiger partial charge in [-0.3, -0.25) is 0 Å². The molecule has 3 heteroatoms. The molecule has 0 saturated heterocycles. The van der Waals surface area contributed by atoms with Crippen LogP contribution in [0.5, 0.6) is 0 Å². The standard InChI is InChI=1S/C29H42OSiTe/c1-23(2)20-32(21-24(3)4)22-27(19-31(5,6)7)28(25-14-10-8-11-15-25)18-29(30)26-16-12-9-13-17-26/h8-19,23-24,28H,20-22H2,1-7H3/p+1/b27-19-,29-18-. The molecule has 2 rings (SSSR count). The molecule has 0 aromatic heterocycles. The Morgan fingerprint density at radius 3 is 1.81 bits per heavy atom. The van der Waals surface area contributed by atoms with E-state index in [1.165, 1.54) is 19.0 Å². The molecule has 0 radical (unpaired) electrons. The Balaban J connectivity index is 2.55. The van der Waals surface area contributed by atoms with E-state index in [0.717, 1.165) is 17.4 Å². The van der Waals surface area contributed by atoms with E-state index < -0.39 is 27.6 Å². The molecule has 2 aromatic rings. The molecule has 0 aliphatic carbocycles. The predicted molar refractivity (Wildman–Crippen MR) is 148 cm³/mol. The number of benzene rings is 2. The van der Waals surface area contributed by atoms with Crippen LogP contribution >= 0.6 is 0 Å². The Hall–Kier alpha value is -1.27. The Bertz CT molecular complexity index is 853. The number of hydrogen-bond acceptors (Lipinski definition) is 1. The average Bonchev–Trinajstić information content (AvgIpc) is 2.70. The van der Waals surface area contributed by atoms with Gasteiger partial charge in [-0.25, -0.2) is 0 Å². The fraction of sp³-hybridized carbons (Fsp3) is 0.448. The first kappa shape index (κ1) is 27.0. The normalized spacial score (nSPS) is 14.4. The molecule has 0 aliphatic heterocycles. The van der Waals surface area contributed by atoms with Crippen molar-refractivity contribution in [1.29, 1.82) is 0 Å². The van der Waals surface area contributed by atoms with Crippen molar-refractivity contribution in [2.45, 2.75) is 66.7 Å². The van der Waals surface area contributed by atoms with Crippen molar-refractivity contribution in [2.24, 2.45) is 11.8 Å². The van der Waals surface area contributed by atoms with Crippen molar-refractivity contribution >= 4 is 33.4 Å². The fourth-order valence-corrected chi connectivity index (χ4v) is 14.5. The van der Waals surface area contributed by atoms with E-state index in [4.69, 9.17) is 0 Å². The number of aliphatic hydroxyl groups excluding tert-OH is 1. The van der Waals surface area contributed by atoms with E-state index in [9.17, 15) is 5.11 Å². The molecular weight excluding hydrogens is 520 g/mol. The van der Waals surface area contributed by atoms with Gasteiger partial charge in [0.25, 0.3) is 0 Å². The second-order valence-electron chi connectivity index (χ2n) is 10.8. The molecule has 0 heterocycles. The summed E-state index contributed by atoms with van der Waals surface area (Å²) in [5.74, 6) is 2.05. The minimum absolute atomic E-state index is 0.130. The summed E-state index contributed by atoms with van der Waals surface area (Å²) in [4.78, 5) is 0.